The minimum Gasteiger partial charge on any atom is -0.508 e. The van der Waals surface area contributed by atoms with E-state index in [-0.39, 0.29) is 18.3 Å². The maximum Gasteiger partial charge on any atom is 0.277 e. The Kier molecular flexibility index (Phi) is 2.88. The summed E-state index contributed by atoms with van der Waals surface area (Å²) < 4.78 is 24.0. The van der Waals surface area contributed by atoms with Crippen LogP contribution in [0.4, 0.5) is 0 Å². The Labute approximate surface area is 94.7 Å². The highest BCUT2D eigenvalue weighted by Gasteiger charge is 2.35. The number of aromatic hydroxyl groups is 1. The first-order valence-electron chi connectivity index (χ1n) is 5.04. The molecule has 0 spiro atoms. The lowest BCUT2D eigenvalue weighted by Gasteiger charge is -2.18. The van der Waals surface area contributed by atoms with Gasteiger partial charge in [0.15, 0.2) is 0 Å². The van der Waals surface area contributed by atoms with Crippen molar-refractivity contribution in [3.63, 3.8) is 0 Å². The van der Waals surface area contributed by atoms with Gasteiger partial charge in [0.05, 0.1) is 0 Å². The molecule has 1 aliphatic carbocycles. The van der Waals surface area contributed by atoms with Crippen molar-refractivity contribution in [2.75, 3.05) is 0 Å². The average Bonchev–Trinajstić information content (AvgIpc) is 2.95. The van der Waals surface area contributed by atoms with Crippen LogP contribution in [0.2, 0.25) is 0 Å². The number of rotatable bonds is 4. The second-order valence-corrected chi connectivity index (χ2v) is 5.49. The molecule has 0 saturated heterocycles. The van der Waals surface area contributed by atoms with Gasteiger partial charge in [0.1, 0.15) is 5.75 Å². The van der Waals surface area contributed by atoms with Gasteiger partial charge in [-0.3, -0.25) is 0 Å². The summed E-state index contributed by atoms with van der Waals surface area (Å²) in [5.74, 6) is 0.127. The Balaban J connectivity index is 2.18. The fraction of sp³-hybridized carbons (Fsp3) is 0.400. The zero-order valence-corrected chi connectivity index (χ0v) is 9.52. The van der Waals surface area contributed by atoms with Crippen molar-refractivity contribution in [2.24, 2.45) is 5.14 Å². The molecule has 1 saturated carbocycles. The van der Waals surface area contributed by atoms with E-state index in [1.54, 1.807) is 24.3 Å². The summed E-state index contributed by atoms with van der Waals surface area (Å²) in [6, 6.07) is 6.55. The molecule has 0 aliphatic heterocycles. The summed E-state index contributed by atoms with van der Waals surface area (Å²) in [7, 11) is -3.66. The molecule has 16 heavy (non-hydrogen) atoms. The first-order valence-corrected chi connectivity index (χ1v) is 6.54. The second kappa shape index (κ2) is 4.04. The van der Waals surface area contributed by atoms with Crippen molar-refractivity contribution in [3.05, 3.63) is 29.8 Å². The van der Waals surface area contributed by atoms with Gasteiger partial charge in [-0.05, 0) is 30.5 Å². The van der Waals surface area contributed by atoms with Gasteiger partial charge in [0, 0.05) is 12.6 Å². The van der Waals surface area contributed by atoms with Gasteiger partial charge in [0.2, 0.25) is 0 Å². The molecular weight excluding hydrogens is 228 g/mol. The second-order valence-electron chi connectivity index (χ2n) is 3.99. The first kappa shape index (κ1) is 11.4. The van der Waals surface area contributed by atoms with Gasteiger partial charge < -0.3 is 5.11 Å². The molecule has 88 valence electrons. The normalized spacial score (nSPS) is 16.6. The molecule has 6 heteroatoms. The molecule has 3 N–H and O–H groups in total. The van der Waals surface area contributed by atoms with Crippen LogP contribution in [0.3, 0.4) is 0 Å². The number of nitrogens with two attached hydrogens (primary N) is 1. The number of phenols is 1. The fourth-order valence-corrected chi connectivity index (χ4v) is 2.58. The van der Waals surface area contributed by atoms with Crippen molar-refractivity contribution < 1.29 is 13.5 Å². The highest BCUT2D eigenvalue weighted by atomic mass is 32.2. The maximum absolute atomic E-state index is 11.3. The van der Waals surface area contributed by atoms with Crippen LogP contribution >= 0.6 is 0 Å². The lowest BCUT2D eigenvalue weighted by atomic mass is 10.2. The van der Waals surface area contributed by atoms with Gasteiger partial charge in [-0.2, -0.15) is 12.7 Å². The number of benzene rings is 1. The largest absolute Gasteiger partial charge is 0.508 e. The molecule has 0 aromatic heterocycles. The van der Waals surface area contributed by atoms with Crippen molar-refractivity contribution in [2.45, 2.75) is 25.4 Å². The monoisotopic (exact) mass is 242 g/mol. The SMILES string of the molecule is NS(=O)(=O)N(Cc1cccc(O)c1)C1CC1. The molecule has 1 aromatic carbocycles. The molecule has 0 atom stereocenters. The van der Waals surface area contributed by atoms with Crippen LogP contribution in [0, 0.1) is 0 Å². The molecule has 5 nitrogen and oxygen atoms in total. The van der Waals surface area contributed by atoms with Crippen LogP contribution in [0.1, 0.15) is 18.4 Å². The Morgan fingerprint density at radius 3 is 2.62 bits per heavy atom. The van der Waals surface area contributed by atoms with Crippen molar-refractivity contribution in [1.82, 2.24) is 4.31 Å². The van der Waals surface area contributed by atoms with Gasteiger partial charge in [-0.25, -0.2) is 5.14 Å². The summed E-state index contributed by atoms with van der Waals surface area (Å²) in [5, 5.41) is 14.4. The Bertz CT molecular complexity index is 483. The summed E-state index contributed by atoms with van der Waals surface area (Å²) in [5.41, 5.74) is 0.737. The summed E-state index contributed by atoms with van der Waals surface area (Å²) in [6.45, 7) is 0.220. The van der Waals surface area contributed by atoms with E-state index in [1.165, 1.54) is 4.31 Å². The number of hydrogen-bond acceptors (Lipinski definition) is 3. The molecule has 2 rings (SSSR count). The zero-order chi connectivity index (χ0) is 11.8. The lowest BCUT2D eigenvalue weighted by molar-refractivity contribution is 0.398. The number of nitrogens with zero attached hydrogens (tertiary/aromatic N) is 1. The fourth-order valence-electron chi connectivity index (χ4n) is 1.62. The molecule has 0 bridgehead atoms. The summed E-state index contributed by atoms with van der Waals surface area (Å²) in [6.07, 6.45) is 1.71. The van der Waals surface area contributed by atoms with Gasteiger partial charge in [0.25, 0.3) is 10.2 Å². The van der Waals surface area contributed by atoms with Crippen molar-refractivity contribution in [3.8, 4) is 5.75 Å². The van der Waals surface area contributed by atoms with Crippen molar-refractivity contribution in [1.29, 1.82) is 0 Å². The van der Waals surface area contributed by atoms with Crippen LogP contribution in [-0.4, -0.2) is 23.9 Å². The predicted octanol–water partition coefficient (Wildman–Crippen LogP) is 0.560. The quantitative estimate of drug-likeness (QED) is 0.809. The zero-order valence-electron chi connectivity index (χ0n) is 8.70. The Hall–Kier alpha value is -1.11. The van der Waals surface area contributed by atoms with E-state index in [1.807, 2.05) is 0 Å². The summed E-state index contributed by atoms with van der Waals surface area (Å²) >= 11 is 0. The van der Waals surface area contributed by atoms with Crippen LogP contribution in [0.25, 0.3) is 0 Å². The van der Waals surface area contributed by atoms with Crippen LogP contribution < -0.4 is 5.14 Å². The smallest absolute Gasteiger partial charge is 0.277 e. The van der Waals surface area contributed by atoms with Crippen LogP contribution in [0.5, 0.6) is 5.75 Å². The minimum absolute atomic E-state index is 0.0253. The van der Waals surface area contributed by atoms with Gasteiger partial charge in [-0.15, -0.1) is 0 Å². The Morgan fingerprint density at radius 2 is 2.12 bits per heavy atom. The van der Waals surface area contributed by atoms with Gasteiger partial charge >= 0.3 is 0 Å². The van der Waals surface area contributed by atoms with E-state index in [9.17, 15) is 13.5 Å². The highest BCUT2D eigenvalue weighted by molar-refractivity contribution is 7.86. The van der Waals surface area contributed by atoms with Crippen molar-refractivity contribution >= 4 is 10.2 Å². The first-order chi connectivity index (χ1) is 7.47. The van der Waals surface area contributed by atoms with Gasteiger partial charge in [-0.1, -0.05) is 12.1 Å². The van der Waals surface area contributed by atoms with Crippen LogP contribution in [-0.2, 0) is 16.8 Å². The topological polar surface area (TPSA) is 83.6 Å². The van der Waals surface area contributed by atoms with E-state index in [0.717, 1.165) is 18.4 Å². The van der Waals surface area contributed by atoms with E-state index < -0.39 is 10.2 Å². The molecule has 0 heterocycles. The molecular formula is C10H14N2O3S. The van der Waals surface area contributed by atoms with E-state index in [2.05, 4.69) is 0 Å². The van der Waals surface area contributed by atoms with E-state index in [0.29, 0.717) is 0 Å². The van der Waals surface area contributed by atoms with E-state index in [4.69, 9.17) is 5.14 Å². The van der Waals surface area contributed by atoms with E-state index >= 15 is 0 Å². The lowest BCUT2D eigenvalue weighted by Crippen LogP contribution is -2.37. The maximum atomic E-state index is 11.3. The Morgan fingerprint density at radius 1 is 1.44 bits per heavy atom. The molecule has 0 unspecified atom stereocenters. The molecule has 0 radical (unpaired) electrons. The average molecular weight is 242 g/mol. The third-order valence-electron chi connectivity index (χ3n) is 2.53. The minimum atomic E-state index is -3.66. The number of phenolic OH excluding ortho intramolecular Hbond substituents is 1. The molecule has 1 aromatic rings. The summed E-state index contributed by atoms with van der Waals surface area (Å²) in [4.78, 5) is 0. The molecule has 0 amide bonds. The third-order valence-corrected chi connectivity index (χ3v) is 3.61. The molecule has 1 aliphatic rings. The molecule has 1 fully saturated rings. The van der Waals surface area contributed by atoms with Crippen LogP contribution in [0.15, 0.2) is 24.3 Å². The predicted molar refractivity (Wildman–Crippen MR) is 59.8 cm³/mol. The third kappa shape index (κ3) is 2.72. The standard InChI is InChI=1S/C10H14N2O3S/c11-16(14,15)12(9-4-5-9)7-8-2-1-3-10(13)6-8/h1-3,6,9,13H,4-5,7H2,(H2,11,14,15). The highest BCUT2D eigenvalue weighted by Crippen LogP contribution is 2.30. The number of hydrogen-bond donors (Lipinski definition) is 2.